The van der Waals surface area contributed by atoms with Gasteiger partial charge in [-0.15, -0.1) is 0 Å². The molecule has 8 heteroatoms. The molecule has 0 bridgehead atoms. The summed E-state index contributed by atoms with van der Waals surface area (Å²) >= 11 is 11.9. The maximum atomic E-state index is 12.6. The van der Waals surface area contributed by atoms with E-state index in [0.29, 0.717) is 24.2 Å². The number of halogens is 2. The standard InChI is InChI=1S/C14H15Cl2N5O/c1-7-11(4-12(15)18-13(7)16)14(22)20-5-10(6-20)21-9(3)17-8(2)19-21/h4,10H,5-6H2,1-3H3. The number of hydrogen-bond acceptors (Lipinski definition) is 4. The van der Waals surface area contributed by atoms with Gasteiger partial charge in [0.2, 0.25) is 0 Å². The average molecular weight is 340 g/mol. The van der Waals surface area contributed by atoms with Crippen LogP contribution in [0.2, 0.25) is 10.3 Å². The first-order valence-corrected chi connectivity index (χ1v) is 7.64. The third-order valence-corrected chi connectivity index (χ3v) is 4.38. The van der Waals surface area contributed by atoms with E-state index in [1.165, 1.54) is 0 Å². The summed E-state index contributed by atoms with van der Waals surface area (Å²) in [4.78, 5) is 22.5. The van der Waals surface area contributed by atoms with Gasteiger partial charge in [0.15, 0.2) is 0 Å². The lowest BCUT2D eigenvalue weighted by Crippen LogP contribution is -2.51. The molecule has 0 aromatic carbocycles. The van der Waals surface area contributed by atoms with Crippen LogP contribution in [0.3, 0.4) is 0 Å². The Kier molecular flexibility index (Phi) is 3.82. The van der Waals surface area contributed by atoms with E-state index in [2.05, 4.69) is 15.1 Å². The summed E-state index contributed by atoms with van der Waals surface area (Å²) in [6.07, 6.45) is 0. The topological polar surface area (TPSA) is 63.9 Å². The summed E-state index contributed by atoms with van der Waals surface area (Å²) in [7, 11) is 0. The van der Waals surface area contributed by atoms with Crippen LogP contribution in [-0.4, -0.2) is 43.6 Å². The molecule has 22 heavy (non-hydrogen) atoms. The molecule has 116 valence electrons. The van der Waals surface area contributed by atoms with E-state index < -0.39 is 0 Å². The number of aromatic nitrogens is 4. The molecular weight excluding hydrogens is 325 g/mol. The molecule has 0 N–H and O–H groups in total. The Morgan fingerprint density at radius 2 is 1.91 bits per heavy atom. The van der Waals surface area contributed by atoms with Crippen molar-refractivity contribution >= 4 is 29.1 Å². The Morgan fingerprint density at radius 3 is 2.50 bits per heavy atom. The van der Waals surface area contributed by atoms with Crippen LogP contribution in [0.25, 0.3) is 0 Å². The Morgan fingerprint density at radius 1 is 1.23 bits per heavy atom. The van der Waals surface area contributed by atoms with Gasteiger partial charge in [-0.05, 0) is 32.4 Å². The first kappa shape index (κ1) is 15.2. The lowest BCUT2D eigenvalue weighted by atomic mass is 10.0. The molecule has 1 aliphatic heterocycles. The summed E-state index contributed by atoms with van der Waals surface area (Å²) in [6, 6.07) is 1.72. The number of carbonyl (C=O) groups is 1. The number of hydrogen-bond donors (Lipinski definition) is 0. The van der Waals surface area contributed by atoms with Crippen molar-refractivity contribution in [2.75, 3.05) is 13.1 Å². The quantitative estimate of drug-likeness (QED) is 0.789. The number of likely N-dealkylation sites (tertiary alicyclic amines) is 1. The van der Waals surface area contributed by atoms with Crippen LogP contribution in [0.1, 0.15) is 33.6 Å². The van der Waals surface area contributed by atoms with Crippen LogP contribution in [0.4, 0.5) is 0 Å². The van der Waals surface area contributed by atoms with Crippen molar-refractivity contribution < 1.29 is 4.79 Å². The highest BCUT2D eigenvalue weighted by Crippen LogP contribution is 2.27. The molecule has 2 aromatic heterocycles. The van der Waals surface area contributed by atoms with Crippen LogP contribution >= 0.6 is 23.2 Å². The summed E-state index contributed by atoms with van der Waals surface area (Å²) in [5.41, 5.74) is 1.14. The molecule has 2 aromatic rings. The number of aryl methyl sites for hydroxylation is 2. The van der Waals surface area contributed by atoms with E-state index in [4.69, 9.17) is 23.2 Å². The predicted octanol–water partition coefficient (Wildman–Crippen LogP) is 2.60. The second kappa shape index (κ2) is 5.52. The van der Waals surface area contributed by atoms with Gasteiger partial charge in [-0.2, -0.15) is 5.10 Å². The van der Waals surface area contributed by atoms with E-state index in [1.807, 2.05) is 18.5 Å². The Balaban J connectivity index is 1.76. The van der Waals surface area contributed by atoms with Crippen LogP contribution < -0.4 is 0 Å². The highest BCUT2D eigenvalue weighted by atomic mass is 35.5. The molecule has 1 amide bonds. The fourth-order valence-electron chi connectivity index (χ4n) is 2.60. The number of amides is 1. The molecule has 0 atom stereocenters. The first-order valence-electron chi connectivity index (χ1n) is 6.88. The maximum absolute atomic E-state index is 12.6. The predicted molar refractivity (Wildman–Crippen MR) is 83.4 cm³/mol. The second-order valence-corrected chi connectivity index (χ2v) is 6.17. The summed E-state index contributed by atoms with van der Waals surface area (Å²) in [5, 5.41) is 4.84. The molecule has 1 saturated heterocycles. The van der Waals surface area contributed by atoms with Gasteiger partial charge in [0, 0.05) is 18.7 Å². The maximum Gasteiger partial charge on any atom is 0.254 e. The van der Waals surface area contributed by atoms with Crippen LogP contribution in [0, 0.1) is 20.8 Å². The zero-order valence-electron chi connectivity index (χ0n) is 12.5. The van der Waals surface area contributed by atoms with Crippen LogP contribution in [0.15, 0.2) is 6.07 Å². The third-order valence-electron chi connectivity index (χ3n) is 3.82. The van der Waals surface area contributed by atoms with Gasteiger partial charge in [-0.1, -0.05) is 23.2 Å². The fraction of sp³-hybridized carbons (Fsp3) is 0.429. The molecule has 3 rings (SSSR count). The van der Waals surface area contributed by atoms with Crippen molar-refractivity contribution in [3.05, 3.63) is 39.1 Å². The van der Waals surface area contributed by atoms with Crippen molar-refractivity contribution in [3.8, 4) is 0 Å². The molecule has 0 saturated carbocycles. The summed E-state index contributed by atoms with van der Waals surface area (Å²) in [6.45, 7) is 6.73. The SMILES string of the molecule is Cc1nc(C)n(C2CN(C(=O)c3cc(Cl)nc(Cl)c3C)C2)n1. The van der Waals surface area contributed by atoms with Gasteiger partial charge in [0.05, 0.1) is 6.04 Å². The van der Waals surface area contributed by atoms with Gasteiger partial charge >= 0.3 is 0 Å². The van der Waals surface area contributed by atoms with Gasteiger partial charge < -0.3 is 4.90 Å². The highest BCUT2D eigenvalue weighted by Gasteiger charge is 2.35. The zero-order chi connectivity index (χ0) is 16.0. The molecule has 0 unspecified atom stereocenters. The molecule has 1 fully saturated rings. The lowest BCUT2D eigenvalue weighted by Gasteiger charge is -2.39. The lowest BCUT2D eigenvalue weighted by molar-refractivity contribution is 0.0496. The van der Waals surface area contributed by atoms with Gasteiger partial charge in [0.1, 0.15) is 22.0 Å². The van der Waals surface area contributed by atoms with Crippen molar-refractivity contribution in [3.63, 3.8) is 0 Å². The van der Waals surface area contributed by atoms with Crippen molar-refractivity contribution in [1.82, 2.24) is 24.6 Å². The molecule has 6 nitrogen and oxygen atoms in total. The largest absolute Gasteiger partial charge is 0.334 e. The average Bonchev–Trinajstić information content (AvgIpc) is 2.71. The molecule has 0 aliphatic carbocycles. The Hall–Kier alpha value is -1.66. The van der Waals surface area contributed by atoms with Crippen LogP contribution in [-0.2, 0) is 0 Å². The number of carbonyl (C=O) groups excluding carboxylic acids is 1. The minimum atomic E-state index is -0.0885. The smallest absolute Gasteiger partial charge is 0.254 e. The van der Waals surface area contributed by atoms with E-state index in [1.54, 1.807) is 17.9 Å². The van der Waals surface area contributed by atoms with E-state index in [0.717, 1.165) is 11.6 Å². The van der Waals surface area contributed by atoms with Gasteiger partial charge in [-0.25, -0.2) is 14.6 Å². The first-order chi connectivity index (χ1) is 10.4. The zero-order valence-corrected chi connectivity index (χ0v) is 14.0. The van der Waals surface area contributed by atoms with Gasteiger partial charge in [0.25, 0.3) is 5.91 Å². The second-order valence-electron chi connectivity index (χ2n) is 5.42. The number of nitrogens with zero attached hydrogens (tertiary/aromatic N) is 5. The minimum absolute atomic E-state index is 0.0885. The van der Waals surface area contributed by atoms with E-state index in [-0.39, 0.29) is 22.3 Å². The van der Waals surface area contributed by atoms with Crippen LogP contribution in [0.5, 0.6) is 0 Å². The Labute approximate surface area is 138 Å². The van der Waals surface area contributed by atoms with Crippen molar-refractivity contribution in [2.45, 2.75) is 26.8 Å². The summed E-state index contributed by atoms with van der Waals surface area (Å²) in [5.74, 6) is 1.51. The number of pyridine rings is 1. The third kappa shape index (κ3) is 2.57. The molecule has 1 aliphatic rings. The van der Waals surface area contributed by atoms with Crippen molar-refractivity contribution in [2.24, 2.45) is 0 Å². The molecule has 0 radical (unpaired) electrons. The minimum Gasteiger partial charge on any atom is -0.334 e. The molecular formula is C14H15Cl2N5O. The molecule has 0 spiro atoms. The summed E-state index contributed by atoms with van der Waals surface area (Å²) < 4.78 is 1.87. The highest BCUT2D eigenvalue weighted by molar-refractivity contribution is 6.33. The van der Waals surface area contributed by atoms with E-state index in [9.17, 15) is 4.79 Å². The Bertz CT molecular complexity index is 752. The number of rotatable bonds is 2. The molecule has 3 heterocycles. The monoisotopic (exact) mass is 339 g/mol. The van der Waals surface area contributed by atoms with Gasteiger partial charge in [-0.3, -0.25) is 4.79 Å². The van der Waals surface area contributed by atoms with Crippen molar-refractivity contribution in [1.29, 1.82) is 0 Å². The fourth-order valence-corrected chi connectivity index (χ4v) is 3.03. The normalized spacial score (nSPS) is 15.0. The van der Waals surface area contributed by atoms with E-state index >= 15 is 0 Å².